The number of carbonyl (C=O) groups is 5. The van der Waals surface area contributed by atoms with Crippen molar-refractivity contribution in [3.63, 3.8) is 0 Å². The van der Waals surface area contributed by atoms with E-state index in [0.717, 1.165) is 5.56 Å². The summed E-state index contributed by atoms with van der Waals surface area (Å²) < 4.78 is 10.1. The molecule has 0 aliphatic carbocycles. The lowest BCUT2D eigenvalue weighted by atomic mass is 10.2. The highest BCUT2D eigenvalue weighted by Gasteiger charge is 2.16. The zero-order chi connectivity index (χ0) is 24.7. The van der Waals surface area contributed by atoms with Crippen LogP contribution < -0.4 is 21.3 Å². The van der Waals surface area contributed by atoms with Crippen LogP contribution in [0, 0.1) is 0 Å². The van der Waals surface area contributed by atoms with Gasteiger partial charge in [-0.3, -0.25) is 19.2 Å². The first kappa shape index (κ1) is 27.4. The van der Waals surface area contributed by atoms with Crippen molar-refractivity contribution < 1.29 is 33.4 Å². The molecule has 0 bridgehead atoms. The average Bonchev–Trinajstić information content (AvgIpc) is 2.76. The van der Waals surface area contributed by atoms with Crippen molar-refractivity contribution in [3.05, 3.63) is 35.9 Å². The van der Waals surface area contributed by atoms with Gasteiger partial charge in [0.05, 0.1) is 13.1 Å². The van der Waals surface area contributed by atoms with Gasteiger partial charge < -0.3 is 30.7 Å². The van der Waals surface area contributed by atoms with Crippen LogP contribution in [0.4, 0.5) is 4.79 Å². The average molecular weight is 465 g/mol. The van der Waals surface area contributed by atoms with Crippen LogP contribution in [-0.4, -0.2) is 61.6 Å². The Hall–Kier alpha value is -3.63. The number of ether oxygens (including phenoxy) is 2. The largest absolute Gasteiger partial charge is 0.459 e. The van der Waals surface area contributed by atoms with Gasteiger partial charge in [0.1, 0.15) is 18.8 Å². The Kier molecular flexibility index (Phi) is 12.0. The summed E-state index contributed by atoms with van der Waals surface area (Å²) in [6, 6.07) is 9.23. The summed E-state index contributed by atoms with van der Waals surface area (Å²) in [5, 5.41) is 9.61. The van der Waals surface area contributed by atoms with Crippen molar-refractivity contribution in [2.45, 2.75) is 45.8 Å². The third-order valence-electron chi connectivity index (χ3n) is 3.80. The van der Waals surface area contributed by atoms with Gasteiger partial charge in [-0.2, -0.15) is 0 Å². The molecule has 0 saturated carbocycles. The molecule has 0 aliphatic heterocycles. The predicted molar refractivity (Wildman–Crippen MR) is 119 cm³/mol. The van der Waals surface area contributed by atoms with E-state index < -0.39 is 29.5 Å². The lowest BCUT2D eigenvalue weighted by Gasteiger charge is -2.19. The molecule has 0 spiro atoms. The molecule has 33 heavy (non-hydrogen) atoms. The van der Waals surface area contributed by atoms with Crippen LogP contribution in [-0.2, 0) is 35.3 Å². The van der Waals surface area contributed by atoms with Crippen LogP contribution in [0.1, 0.15) is 39.2 Å². The number of alkyl carbamates (subject to hydrolysis) is 1. The number of hydrogen-bond acceptors (Lipinski definition) is 7. The van der Waals surface area contributed by atoms with E-state index in [0.29, 0.717) is 6.42 Å². The molecule has 0 radical (unpaired) electrons. The Labute approximate surface area is 193 Å². The SMILES string of the molecule is CC(C)(C)OC(=O)CNC(=O)CNC(=O)CNC(=O)CCCNC(=O)OCc1ccccc1. The minimum absolute atomic E-state index is 0.0998. The molecule has 0 saturated heterocycles. The highest BCUT2D eigenvalue weighted by atomic mass is 16.6. The summed E-state index contributed by atoms with van der Waals surface area (Å²) in [6.07, 6.45) is -0.118. The molecule has 1 rings (SSSR count). The second-order valence-electron chi connectivity index (χ2n) is 8.01. The van der Waals surface area contributed by atoms with Crippen LogP contribution in [0.5, 0.6) is 0 Å². The van der Waals surface area contributed by atoms with Gasteiger partial charge in [-0.1, -0.05) is 30.3 Å². The maximum Gasteiger partial charge on any atom is 0.407 e. The molecule has 11 heteroatoms. The fourth-order valence-electron chi connectivity index (χ4n) is 2.33. The van der Waals surface area contributed by atoms with Crippen molar-refractivity contribution in [1.29, 1.82) is 0 Å². The van der Waals surface area contributed by atoms with Crippen LogP contribution in [0.25, 0.3) is 0 Å². The number of hydrogen-bond donors (Lipinski definition) is 4. The van der Waals surface area contributed by atoms with Gasteiger partial charge in [0, 0.05) is 13.0 Å². The van der Waals surface area contributed by atoms with Crippen molar-refractivity contribution in [2.75, 3.05) is 26.2 Å². The highest BCUT2D eigenvalue weighted by Crippen LogP contribution is 2.06. The summed E-state index contributed by atoms with van der Waals surface area (Å²) in [7, 11) is 0. The third kappa shape index (κ3) is 14.9. The first-order valence-corrected chi connectivity index (χ1v) is 10.5. The van der Waals surface area contributed by atoms with E-state index in [2.05, 4.69) is 21.3 Å². The van der Waals surface area contributed by atoms with E-state index >= 15 is 0 Å². The molecule has 4 N–H and O–H groups in total. The molecule has 11 nitrogen and oxygen atoms in total. The Morgan fingerprint density at radius 2 is 1.36 bits per heavy atom. The first-order valence-electron chi connectivity index (χ1n) is 10.5. The van der Waals surface area contributed by atoms with Crippen LogP contribution in [0.2, 0.25) is 0 Å². The smallest absolute Gasteiger partial charge is 0.407 e. The van der Waals surface area contributed by atoms with E-state index in [9.17, 15) is 24.0 Å². The second kappa shape index (κ2) is 14.4. The molecule has 0 unspecified atom stereocenters. The van der Waals surface area contributed by atoms with Gasteiger partial charge in [-0.25, -0.2) is 4.79 Å². The standard InChI is InChI=1S/C22H32N4O7/c1-22(2,3)33-20(30)14-26-19(29)13-25-18(28)12-24-17(27)10-7-11-23-21(31)32-15-16-8-5-4-6-9-16/h4-6,8-9H,7,10-15H2,1-3H3,(H,23,31)(H,24,27)(H,25,28)(H,26,29). The molecule has 0 atom stereocenters. The molecule has 0 aromatic heterocycles. The van der Waals surface area contributed by atoms with E-state index in [4.69, 9.17) is 9.47 Å². The monoisotopic (exact) mass is 464 g/mol. The quantitative estimate of drug-likeness (QED) is 0.258. The fourth-order valence-corrected chi connectivity index (χ4v) is 2.33. The zero-order valence-corrected chi connectivity index (χ0v) is 19.2. The van der Waals surface area contributed by atoms with Crippen LogP contribution in [0.3, 0.4) is 0 Å². The predicted octanol–water partition coefficient (Wildman–Crippen LogP) is 0.383. The van der Waals surface area contributed by atoms with Gasteiger partial charge in [0.2, 0.25) is 17.7 Å². The Morgan fingerprint density at radius 1 is 0.788 bits per heavy atom. The first-order chi connectivity index (χ1) is 15.5. The molecular weight excluding hydrogens is 432 g/mol. The topological polar surface area (TPSA) is 152 Å². The van der Waals surface area contributed by atoms with Crippen molar-refractivity contribution in [1.82, 2.24) is 21.3 Å². The summed E-state index contributed by atoms with van der Waals surface area (Å²) >= 11 is 0. The molecule has 4 amide bonds. The lowest BCUT2D eigenvalue weighted by molar-refractivity contribution is -0.154. The Morgan fingerprint density at radius 3 is 1.97 bits per heavy atom. The van der Waals surface area contributed by atoms with Gasteiger partial charge >= 0.3 is 12.1 Å². The number of esters is 1. The molecular formula is C22H32N4O7. The summed E-state index contributed by atoms with van der Waals surface area (Å²) in [6.45, 7) is 4.57. The number of benzene rings is 1. The maximum absolute atomic E-state index is 11.8. The van der Waals surface area contributed by atoms with Gasteiger partial charge in [-0.15, -0.1) is 0 Å². The normalized spacial score (nSPS) is 10.5. The summed E-state index contributed by atoms with van der Waals surface area (Å²) in [5.41, 5.74) is 0.210. The summed E-state index contributed by atoms with van der Waals surface area (Å²) in [5.74, 6) is -2.09. The Balaban J connectivity index is 2.06. The Bertz CT molecular complexity index is 807. The van der Waals surface area contributed by atoms with Gasteiger partial charge in [0.25, 0.3) is 0 Å². The maximum atomic E-state index is 11.8. The number of rotatable bonds is 12. The molecule has 1 aromatic rings. The van der Waals surface area contributed by atoms with Crippen molar-refractivity contribution >= 4 is 29.8 Å². The molecule has 0 fully saturated rings. The van der Waals surface area contributed by atoms with E-state index in [1.165, 1.54) is 0 Å². The van der Waals surface area contributed by atoms with E-state index in [-0.39, 0.29) is 45.1 Å². The number of amides is 4. The van der Waals surface area contributed by atoms with Crippen LogP contribution in [0.15, 0.2) is 30.3 Å². The zero-order valence-electron chi connectivity index (χ0n) is 19.2. The minimum atomic E-state index is -0.657. The molecule has 182 valence electrons. The third-order valence-corrected chi connectivity index (χ3v) is 3.80. The van der Waals surface area contributed by atoms with E-state index in [1.54, 1.807) is 20.8 Å². The molecule has 1 aromatic carbocycles. The van der Waals surface area contributed by atoms with Crippen molar-refractivity contribution in [2.24, 2.45) is 0 Å². The summed E-state index contributed by atoms with van der Waals surface area (Å²) in [4.78, 5) is 58.2. The second-order valence-corrected chi connectivity index (χ2v) is 8.01. The van der Waals surface area contributed by atoms with E-state index in [1.807, 2.05) is 30.3 Å². The number of nitrogens with one attached hydrogen (secondary N) is 4. The fraction of sp³-hybridized carbons (Fsp3) is 0.500. The van der Waals surface area contributed by atoms with Gasteiger partial charge in [-0.05, 0) is 32.8 Å². The van der Waals surface area contributed by atoms with Gasteiger partial charge in [0.15, 0.2) is 0 Å². The van der Waals surface area contributed by atoms with Crippen molar-refractivity contribution in [3.8, 4) is 0 Å². The van der Waals surface area contributed by atoms with Crippen LogP contribution >= 0.6 is 0 Å². The molecule has 0 aliphatic rings. The lowest BCUT2D eigenvalue weighted by Crippen LogP contribution is -2.43. The minimum Gasteiger partial charge on any atom is -0.459 e. The highest BCUT2D eigenvalue weighted by molar-refractivity contribution is 5.89. The number of carbonyl (C=O) groups excluding carboxylic acids is 5. The molecule has 0 heterocycles.